The molecule has 0 radical (unpaired) electrons. The van der Waals surface area contributed by atoms with E-state index in [4.69, 9.17) is 13.8 Å². The Kier molecular flexibility index (Phi) is 54.7. The molecule has 0 aliphatic carbocycles. The van der Waals surface area contributed by atoms with Crippen LogP contribution in [0.5, 0.6) is 0 Å². The summed E-state index contributed by atoms with van der Waals surface area (Å²) in [4.78, 5) is 40.0. The topological polar surface area (TPSA) is 114 Å². The molecule has 0 aliphatic heterocycles. The highest BCUT2D eigenvalue weighted by Crippen LogP contribution is 2.38. The van der Waals surface area contributed by atoms with E-state index in [1.165, 1.54) is 51.4 Å². The van der Waals surface area contributed by atoms with Gasteiger partial charge in [0, 0.05) is 12.8 Å². The van der Waals surface area contributed by atoms with E-state index in [2.05, 4.69) is 160 Å². The summed E-state index contributed by atoms with van der Waals surface area (Å²) in [5.41, 5.74) is 0. The molecule has 0 aromatic carbocycles. The van der Waals surface area contributed by atoms with Crippen molar-refractivity contribution >= 4 is 19.7 Å². The van der Waals surface area contributed by atoms with E-state index in [1.807, 2.05) is 39.4 Å². The van der Waals surface area contributed by atoms with Crippen molar-refractivity contribution < 1.29 is 37.3 Å². The molecule has 0 fully saturated rings. The number of quaternary nitrogens is 1. The van der Waals surface area contributed by atoms with Crippen LogP contribution in [-0.2, 0) is 27.9 Å². The lowest BCUT2D eigenvalue weighted by Crippen LogP contribution is -2.47. The van der Waals surface area contributed by atoms with Gasteiger partial charge in [-0.05, 0) is 122 Å². The molecule has 1 amide bonds. The van der Waals surface area contributed by atoms with Crippen molar-refractivity contribution in [3.8, 4) is 0 Å². The van der Waals surface area contributed by atoms with Gasteiger partial charge in [-0.25, -0.2) is 0 Å². The van der Waals surface area contributed by atoms with E-state index in [0.717, 1.165) is 122 Å². The fourth-order valence-electron chi connectivity index (χ4n) is 7.96. The zero-order valence-corrected chi connectivity index (χ0v) is 52.4. The molecule has 0 saturated carbocycles. The first-order valence-corrected chi connectivity index (χ1v) is 32.8. The number of nitrogens with zero attached hydrogens (tertiary/aromatic N) is 1. The van der Waals surface area contributed by atoms with Crippen LogP contribution in [-0.4, -0.2) is 69.4 Å². The number of unbranched alkanes of at least 4 members (excludes halogenated alkanes) is 14. The Morgan fingerprint density at radius 1 is 0.450 bits per heavy atom. The van der Waals surface area contributed by atoms with Gasteiger partial charge in [-0.2, -0.15) is 0 Å². The molecule has 3 atom stereocenters. The molecule has 0 aliphatic rings. The number of amides is 1. The van der Waals surface area contributed by atoms with E-state index < -0.39 is 32.5 Å². The van der Waals surface area contributed by atoms with Gasteiger partial charge in [0.25, 0.3) is 7.82 Å². The average molecular weight is 1130 g/mol. The Morgan fingerprint density at radius 2 is 0.812 bits per heavy atom. The van der Waals surface area contributed by atoms with Crippen molar-refractivity contribution in [2.24, 2.45) is 0 Å². The molecule has 80 heavy (non-hydrogen) atoms. The first-order valence-electron chi connectivity index (χ1n) is 31.3. The van der Waals surface area contributed by atoms with Crippen LogP contribution in [0.25, 0.3) is 0 Å². The van der Waals surface area contributed by atoms with Gasteiger partial charge < -0.3 is 28.5 Å². The number of phosphoric acid groups is 1. The molecule has 0 aromatic rings. The third-order valence-electron chi connectivity index (χ3n) is 12.7. The maximum atomic E-state index is 13.5. The molecule has 9 nitrogen and oxygen atoms in total. The van der Waals surface area contributed by atoms with E-state index in [1.54, 1.807) is 6.08 Å². The molecule has 0 aromatic heterocycles. The Bertz CT molecular complexity index is 1920. The number of esters is 1. The predicted octanol–water partition coefficient (Wildman–Crippen LogP) is 19.0. The monoisotopic (exact) mass is 1130 g/mol. The highest BCUT2D eigenvalue weighted by molar-refractivity contribution is 7.45. The largest absolute Gasteiger partial charge is 0.756 e. The molecule has 0 rings (SSSR count). The summed E-state index contributed by atoms with van der Waals surface area (Å²) in [6, 6.07) is -0.946. The van der Waals surface area contributed by atoms with Gasteiger partial charge in [-0.3, -0.25) is 14.2 Å². The van der Waals surface area contributed by atoms with Gasteiger partial charge in [-0.1, -0.05) is 243 Å². The summed E-state index contributed by atoms with van der Waals surface area (Å²) >= 11 is 0. The number of hydrogen-bond acceptors (Lipinski definition) is 7. The molecule has 0 spiro atoms. The van der Waals surface area contributed by atoms with Crippen LogP contribution in [0.2, 0.25) is 0 Å². The van der Waals surface area contributed by atoms with Crippen LogP contribution in [0.15, 0.2) is 158 Å². The smallest absolute Gasteiger partial charge is 0.306 e. The second-order valence-corrected chi connectivity index (χ2v) is 22.9. The molecule has 10 heteroatoms. The second-order valence-electron chi connectivity index (χ2n) is 21.4. The van der Waals surface area contributed by atoms with Gasteiger partial charge in [0.15, 0.2) is 0 Å². The van der Waals surface area contributed by atoms with Crippen molar-refractivity contribution in [1.29, 1.82) is 0 Å². The highest BCUT2D eigenvalue weighted by Gasteiger charge is 2.27. The SMILES string of the molecule is CC/C=C\C/C=C\C/C=C\C/C=C\C/C=C\C/C=C\CCCCCCC(=O)NC(COP(=O)([O-])OCC[N+](C)(C)C)C(/C=C\CCCCCCCCCCCC)OC(=O)CC/C=C\C/C=C\C/C=C\C/C=C\C/C=C\C/C=C\CC. The number of hydrogen-bond donors (Lipinski definition) is 1. The van der Waals surface area contributed by atoms with Gasteiger partial charge in [0.2, 0.25) is 5.91 Å². The summed E-state index contributed by atoms with van der Waals surface area (Å²) in [5, 5.41) is 2.99. The van der Waals surface area contributed by atoms with Crippen LogP contribution in [0, 0.1) is 0 Å². The standard InChI is InChI=1S/C70H115N2O7P/c1-7-10-13-16-19-22-25-28-30-32-34-35-36-37-39-40-42-44-47-50-53-56-59-62-69(73)71-67(66-78-80(75,76)77-65-64-72(4,5)6)68(61-58-55-52-49-46-27-24-21-18-15-12-9-3)79-70(74)63-60-57-54-51-48-45-43-41-38-33-31-29-26-23-20-17-14-11-8-2/h10-11,13-14,19-20,22-23,28-31,34-35,37-39,41-42,44-45,48,54,57-58,61,67-68H,7-9,12,15-18,21,24-27,32-33,36,40,43,46-47,49-53,55-56,59-60,62-66H2,1-6H3,(H-,71,73,75,76)/b13-10-,14-11-,22-19-,23-20-,30-28-,31-29-,35-34-,39-37-,41-38-,44-42-,48-45-,57-54-,61-58-. The number of ether oxygens (including phenoxy) is 1. The maximum Gasteiger partial charge on any atom is 0.306 e. The molecular formula is C70H115N2O7P. The second kappa shape index (κ2) is 57.8. The highest BCUT2D eigenvalue weighted by atomic mass is 31.2. The molecule has 3 unspecified atom stereocenters. The Morgan fingerprint density at radius 3 is 1.23 bits per heavy atom. The number of carbonyl (C=O) groups excluding carboxylic acids is 2. The Hall–Kier alpha value is -4.37. The van der Waals surface area contributed by atoms with E-state index in [0.29, 0.717) is 23.9 Å². The van der Waals surface area contributed by atoms with Crippen molar-refractivity contribution in [3.63, 3.8) is 0 Å². The van der Waals surface area contributed by atoms with Crippen LogP contribution < -0.4 is 10.2 Å². The number of phosphoric ester groups is 1. The lowest BCUT2D eigenvalue weighted by molar-refractivity contribution is -0.870. The fourth-order valence-corrected chi connectivity index (χ4v) is 8.68. The van der Waals surface area contributed by atoms with Crippen LogP contribution in [0.1, 0.15) is 220 Å². The zero-order chi connectivity index (χ0) is 58.6. The quantitative estimate of drug-likeness (QED) is 0.0212. The normalized spacial score (nSPS) is 14.7. The maximum absolute atomic E-state index is 13.5. The van der Waals surface area contributed by atoms with Crippen molar-refractivity contribution in [3.05, 3.63) is 158 Å². The molecular weight excluding hydrogens is 1010 g/mol. The Balaban J connectivity index is 5.42. The third-order valence-corrected chi connectivity index (χ3v) is 13.7. The molecule has 452 valence electrons. The van der Waals surface area contributed by atoms with Crippen LogP contribution >= 0.6 is 7.82 Å². The van der Waals surface area contributed by atoms with E-state index >= 15 is 0 Å². The predicted molar refractivity (Wildman–Crippen MR) is 343 cm³/mol. The summed E-state index contributed by atoms with van der Waals surface area (Å²) in [6.07, 6.45) is 85.1. The molecule has 0 bridgehead atoms. The van der Waals surface area contributed by atoms with Crippen molar-refractivity contribution in [1.82, 2.24) is 5.32 Å². The number of rotatable bonds is 54. The summed E-state index contributed by atoms with van der Waals surface area (Å²) in [6.45, 7) is 6.51. The third kappa shape index (κ3) is 58.3. The first-order chi connectivity index (χ1) is 38.9. The molecule has 0 heterocycles. The van der Waals surface area contributed by atoms with Gasteiger partial charge in [-0.15, -0.1) is 0 Å². The minimum absolute atomic E-state index is 0.0484. The minimum atomic E-state index is -4.74. The fraction of sp³-hybridized carbons (Fsp3) is 0.600. The van der Waals surface area contributed by atoms with Gasteiger partial charge in [0.05, 0.1) is 33.8 Å². The molecule has 1 N–H and O–H groups in total. The van der Waals surface area contributed by atoms with Gasteiger partial charge in [0.1, 0.15) is 19.3 Å². The summed E-state index contributed by atoms with van der Waals surface area (Å²) in [7, 11) is 1.10. The number of allylic oxidation sites excluding steroid dienone is 25. The van der Waals surface area contributed by atoms with E-state index in [-0.39, 0.29) is 25.4 Å². The van der Waals surface area contributed by atoms with Crippen LogP contribution in [0.4, 0.5) is 0 Å². The molecule has 0 saturated heterocycles. The summed E-state index contributed by atoms with van der Waals surface area (Å²) in [5.74, 6) is -0.682. The zero-order valence-electron chi connectivity index (χ0n) is 51.5. The Labute approximate surface area is 490 Å². The van der Waals surface area contributed by atoms with Crippen LogP contribution in [0.3, 0.4) is 0 Å². The number of carbonyl (C=O) groups is 2. The van der Waals surface area contributed by atoms with Crippen molar-refractivity contribution in [2.45, 2.75) is 232 Å². The average Bonchev–Trinajstić information content (AvgIpc) is 3.42. The van der Waals surface area contributed by atoms with Gasteiger partial charge >= 0.3 is 5.97 Å². The van der Waals surface area contributed by atoms with E-state index in [9.17, 15) is 19.0 Å². The number of likely N-dealkylation sites (N-methyl/N-ethyl adjacent to an activating group) is 1. The lowest BCUT2D eigenvalue weighted by atomic mass is 10.1. The number of nitrogens with one attached hydrogen (secondary N) is 1. The summed E-state index contributed by atoms with van der Waals surface area (Å²) < 4.78 is 30.2. The van der Waals surface area contributed by atoms with Crippen molar-refractivity contribution in [2.75, 3.05) is 40.9 Å². The minimum Gasteiger partial charge on any atom is -0.756 e. The first kappa shape index (κ1) is 75.6. The lowest BCUT2D eigenvalue weighted by Gasteiger charge is -2.30.